The highest BCUT2D eigenvalue weighted by Gasteiger charge is 2.15. The smallest absolute Gasteiger partial charge is 0.330 e. The topological polar surface area (TPSA) is 81.2 Å². The molecule has 1 heterocycles. The minimum absolute atomic E-state index is 0.0172. The van der Waals surface area contributed by atoms with Crippen LogP contribution in [0.25, 0.3) is 0 Å². The number of aryl methyl sites for hydroxylation is 2. The molecule has 1 aromatic carbocycles. The molecule has 24 heavy (non-hydrogen) atoms. The molecule has 0 spiro atoms. The van der Waals surface area contributed by atoms with Gasteiger partial charge in [-0.05, 0) is 26.0 Å². The molecule has 0 aliphatic carbocycles. The van der Waals surface area contributed by atoms with Crippen molar-refractivity contribution in [3.05, 3.63) is 62.4 Å². The lowest BCUT2D eigenvalue weighted by atomic mass is 10.2. The molecule has 0 unspecified atom stereocenters. The summed E-state index contributed by atoms with van der Waals surface area (Å²) in [6.45, 7) is 2.42. The van der Waals surface area contributed by atoms with Crippen molar-refractivity contribution in [3.63, 3.8) is 0 Å². The van der Waals surface area contributed by atoms with Crippen LogP contribution in [-0.2, 0) is 22.3 Å². The molecule has 1 aromatic heterocycles. The van der Waals surface area contributed by atoms with Crippen molar-refractivity contribution in [2.45, 2.75) is 31.6 Å². The van der Waals surface area contributed by atoms with E-state index in [9.17, 15) is 18.2 Å². The second kappa shape index (κ2) is 8.16. The van der Waals surface area contributed by atoms with E-state index in [4.69, 9.17) is 4.74 Å². The van der Waals surface area contributed by atoms with Crippen LogP contribution in [0.3, 0.4) is 0 Å². The Labute approximate surface area is 140 Å². The van der Waals surface area contributed by atoms with Gasteiger partial charge in [-0.25, -0.2) is 9.18 Å². The summed E-state index contributed by atoms with van der Waals surface area (Å²) in [6.07, 6.45) is 0.430. The lowest BCUT2D eigenvalue weighted by Crippen LogP contribution is -2.33. The van der Waals surface area contributed by atoms with Gasteiger partial charge in [0, 0.05) is 16.7 Å². The van der Waals surface area contributed by atoms with Crippen LogP contribution >= 0.6 is 0 Å². The molecule has 0 radical (unpaired) electrons. The molecular weight excluding hydrogens is 335 g/mol. The molecule has 8 heteroatoms. The lowest BCUT2D eigenvalue weighted by Gasteiger charge is -2.15. The van der Waals surface area contributed by atoms with Gasteiger partial charge >= 0.3 is 5.69 Å². The van der Waals surface area contributed by atoms with Gasteiger partial charge in [0.15, 0.2) is 0 Å². The predicted molar refractivity (Wildman–Crippen MR) is 89.4 cm³/mol. The van der Waals surface area contributed by atoms with E-state index in [1.54, 1.807) is 19.1 Å². The first kappa shape index (κ1) is 18.3. The molecule has 2 aromatic rings. The van der Waals surface area contributed by atoms with Crippen LogP contribution in [0.2, 0.25) is 0 Å². The minimum Gasteiger partial charge on any atom is -0.354 e. The van der Waals surface area contributed by atoms with Crippen LogP contribution in [0.15, 0.2) is 44.9 Å². The Kier molecular flexibility index (Phi) is 6.22. The maximum absolute atomic E-state index is 13.1. The van der Waals surface area contributed by atoms with Crippen molar-refractivity contribution in [1.29, 1.82) is 0 Å². The molecule has 2 rings (SSSR count). The van der Waals surface area contributed by atoms with Gasteiger partial charge in [0.25, 0.3) is 5.56 Å². The SMILES string of the molecule is Cc1ccc([S@@](=O)C[C@H](CF)OCn2cc(C)c(=O)[nH]c2=O)cc1. The summed E-state index contributed by atoms with van der Waals surface area (Å²) < 4.78 is 31.9. The van der Waals surface area contributed by atoms with Gasteiger partial charge in [-0.2, -0.15) is 0 Å². The van der Waals surface area contributed by atoms with Gasteiger partial charge in [-0.15, -0.1) is 0 Å². The van der Waals surface area contributed by atoms with Crippen LogP contribution in [0, 0.1) is 13.8 Å². The fourth-order valence-electron chi connectivity index (χ4n) is 1.99. The second-order valence-electron chi connectivity index (χ2n) is 5.44. The van der Waals surface area contributed by atoms with Gasteiger partial charge in [-0.3, -0.25) is 18.6 Å². The quantitative estimate of drug-likeness (QED) is 0.812. The fourth-order valence-corrected chi connectivity index (χ4v) is 3.15. The zero-order valence-corrected chi connectivity index (χ0v) is 14.3. The van der Waals surface area contributed by atoms with Crippen LogP contribution in [0.4, 0.5) is 4.39 Å². The van der Waals surface area contributed by atoms with Crippen molar-refractivity contribution in [3.8, 4) is 0 Å². The van der Waals surface area contributed by atoms with E-state index in [-0.39, 0.29) is 12.5 Å². The van der Waals surface area contributed by atoms with E-state index in [0.717, 1.165) is 10.1 Å². The largest absolute Gasteiger partial charge is 0.354 e. The molecule has 0 aliphatic rings. The van der Waals surface area contributed by atoms with Gasteiger partial charge in [0.2, 0.25) is 0 Å². The monoisotopic (exact) mass is 354 g/mol. The maximum Gasteiger partial charge on any atom is 0.330 e. The first-order valence-electron chi connectivity index (χ1n) is 7.33. The fraction of sp³-hybridized carbons (Fsp3) is 0.375. The number of benzene rings is 1. The third kappa shape index (κ3) is 4.72. The average molecular weight is 354 g/mol. The Balaban J connectivity index is 2.01. The number of hydrogen-bond acceptors (Lipinski definition) is 4. The highest BCUT2D eigenvalue weighted by molar-refractivity contribution is 7.85. The molecule has 0 fully saturated rings. The number of halogens is 1. The first-order chi connectivity index (χ1) is 11.4. The van der Waals surface area contributed by atoms with Gasteiger partial charge in [-0.1, -0.05) is 17.7 Å². The number of ether oxygens (including phenoxy) is 1. The summed E-state index contributed by atoms with van der Waals surface area (Å²) in [5.41, 5.74) is 0.279. The Morgan fingerprint density at radius 2 is 1.92 bits per heavy atom. The Bertz CT molecular complexity index is 829. The van der Waals surface area contributed by atoms with Gasteiger partial charge in [0.05, 0.1) is 22.7 Å². The van der Waals surface area contributed by atoms with Crippen molar-refractivity contribution in [1.82, 2.24) is 9.55 Å². The standard InChI is InChI=1S/C16H19FN2O4S/c1-11-3-5-14(6-4-11)24(22)9-13(7-17)23-10-19-8-12(2)15(20)18-16(19)21/h3-6,8,13H,7,9-10H2,1-2H3,(H,18,20,21)/t13-,24-/m0/s1. The summed E-state index contributed by atoms with van der Waals surface area (Å²) in [5, 5.41) is 0. The maximum atomic E-state index is 13.1. The number of aromatic amines is 1. The molecule has 0 bridgehead atoms. The van der Waals surface area contributed by atoms with Crippen LogP contribution in [0.5, 0.6) is 0 Å². The van der Waals surface area contributed by atoms with E-state index >= 15 is 0 Å². The Hall–Kier alpha value is -2.06. The number of aromatic nitrogens is 2. The number of nitrogens with zero attached hydrogens (tertiary/aromatic N) is 1. The summed E-state index contributed by atoms with van der Waals surface area (Å²) in [5.74, 6) is -0.0172. The third-order valence-electron chi connectivity index (χ3n) is 3.43. The van der Waals surface area contributed by atoms with Gasteiger partial charge < -0.3 is 4.74 Å². The number of H-pyrrole nitrogens is 1. The predicted octanol–water partition coefficient (Wildman–Crippen LogP) is 1.27. The van der Waals surface area contributed by atoms with Crippen molar-refractivity contribution in [2.24, 2.45) is 0 Å². The van der Waals surface area contributed by atoms with Crippen LogP contribution in [0.1, 0.15) is 11.1 Å². The summed E-state index contributed by atoms with van der Waals surface area (Å²) in [4.78, 5) is 25.7. The van der Waals surface area contributed by atoms with E-state index in [2.05, 4.69) is 4.98 Å². The zero-order chi connectivity index (χ0) is 17.7. The summed E-state index contributed by atoms with van der Waals surface area (Å²) >= 11 is 0. The lowest BCUT2D eigenvalue weighted by molar-refractivity contribution is 0.00476. The first-order valence-corrected chi connectivity index (χ1v) is 8.65. The Morgan fingerprint density at radius 1 is 1.25 bits per heavy atom. The van der Waals surface area contributed by atoms with Crippen molar-refractivity contribution < 1.29 is 13.3 Å². The van der Waals surface area contributed by atoms with Crippen LogP contribution < -0.4 is 11.2 Å². The molecule has 2 atom stereocenters. The highest BCUT2D eigenvalue weighted by atomic mass is 32.2. The van der Waals surface area contributed by atoms with Crippen LogP contribution in [-0.4, -0.2) is 32.3 Å². The Morgan fingerprint density at radius 3 is 2.54 bits per heavy atom. The number of rotatable bonds is 7. The highest BCUT2D eigenvalue weighted by Crippen LogP contribution is 2.11. The number of alkyl halides is 1. The number of hydrogen-bond donors (Lipinski definition) is 1. The molecule has 0 saturated carbocycles. The average Bonchev–Trinajstić information content (AvgIpc) is 2.56. The van der Waals surface area contributed by atoms with Crippen molar-refractivity contribution >= 4 is 10.8 Å². The molecule has 130 valence electrons. The van der Waals surface area contributed by atoms with E-state index in [1.807, 2.05) is 19.1 Å². The van der Waals surface area contributed by atoms with E-state index in [0.29, 0.717) is 10.5 Å². The molecule has 0 saturated heterocycles. The normalized spacial score (nSPS) is 13.6. The second-order valence-corrected chi connectivity index (χ2v) is 6.93. The molecule has 6 nitrogen and oxygen atoms in total. The molecule has 0 aliphatic heterocycles. The molecule has 1 N–H and O–H groups in total. The minimum atomic E-state index is -1.40. The van der Waals surface area contributed by atoms with E-state index < -0.39 is 34.8 Å². The summed E-state index contributed by atoms with van der Waals surface area (Å²) in [7, 11) is -1.40. The zero-order valence-electron chi connectivity index (χ0n) is 13.5. The van der Waals surface area contributed by atoms with Crippen molar-refractivity contribution in [2.75, 3.05) is 12.4 Å². The summed E-state index contributed by atoms with van der Waals surface area (Å²) in [6, 6.07) is 7.13. The third-order valence-corrected chi connectivity index (χ3v) is 4.90. The molecule has 0 amide bonds. The van der Waals surface area contributed by atoms with E-state index in [1.165, 1.54) is 6.20 Å². The number of nitrogens with one attached hydrogen (secondary N) is 1. The van der Waals surface area contributed by atoms with Gasteiger partial charge in [0.1, 0.15) is 13.4 Å². The molecular formula is C16H19FN2O4S.